The van der Waals surface area contributed by atoms with Crippen LogP contribution in [0.3, 0.4) is 0 Å². The second kappa shape index (κ2) is 15.5. The summed E-state index contributed by atoms with van der Waals surface area (Å²) in [6, 6.07) is 57.5. The normalized spacial score (nSPS) is 19.4. The molecule has 0 fully saturated rings. The van der Waals surface area contributed by atoms with E-state index in [-0.39, 0.29) is 29.5 Å². The largest absolute Gasteiger partial charge is 0.377 e. The minimum absolute atomic E-state index is 0.193. The first kappa shape index (κ1) is 37.8. The Morgan fingerprint density at radius 2 is 1.35 bits per heavy atom. The van der Waals surface area contributed by atoms with Gasteiger partial charge in [-0.05, 0) is 74.0 Å². The third kappa shape index (κ3) is 6.14. The molecule has 5 heteroatoms. The Balaban J connectivity index is 1.02. The lowest BCUT2D eigenvalue weighted by Crippen LogP contribution is -2.36. The molecule has 4 aliphatic rings. The van der Waals surface area contributed by atoms with Gasteiger partial charge >= 0.3 is 0 Å². The van der Waals surface area contributed by atoms with Gasteiger partial charge in [-0.15, -0.1) is 11.3 Å². The fraction of sp³-hybridized carbons (Fsp3) is 0.121. The number of hydrogen-bond donors (Lipinski definition) is 2. The van der Waals surface area contributed by atoms with Crippen LogP contribution in [-0.2, 0) is 12.0 Å². The van der Waals surface area contributed by atoms with Gasteiger partial charge in [-0.1, -0.05) is 200 Å². The zero-order chi connectivity index (χ0) is 41.9. The molecule has 12 rings (SSSR count). The molecule has 2 heterocycles. The first-order valence-electron chi connectivity index (χ1n) is 22.1. The van der Waals surface area contributed by atoms with Gasteiger partial charge in [0.1, 0.15) is 6.17 Å². The summed E-state index contributed by atoms with van der Waals surface area (Å²) in [4.78, 5) is 5.07. The van der Waals surface area contributed by atoms with E-state index < -0.39 is 0 Å². The van der Waals surface area contributed by atoms with Crippen molar-refractivity contribution in [1.29, 1.82) is 0 Å². The average Bonchev–Trinajstić information content (AvgIpc) is 4.01. The van der Waals surface area contributed by atoms with Crippen LogP contribution in [0.15, 0.2) is 211 Å². The lowest BCUT2D eigenvalue weighted by molar-refractivity contribution is 0.199. The molecule has 3 N–H and O–H groups in total. The average molecular weight is 831 g/mol. The van der Waals surface area contributed by atoms with Crippen molar-refractivity contribution in [1.82, 2.24) is 5.01 Å². The number of anilines is 1. The molecular formula is C58H46N4S. The molecule has 0 bridgehead atoms. The third-order valence-corrected chi connectivity index (χ3v) is 15.1. The molecule has 8 aromatic rings. The molecule has 0 radical (unpaired) electrons. The number of allylic oxidation sites excluding steroid dienone is 6. The molecule has 1 aliphatic heterocycles. The zero-order valence-corrected chi connectivity index (χ0v) is 35.6. The van der Waals surface area contributed by atoms with Crippen molar-refractivity contribution >= 4 is 43.4 Å². The Morgan fingerprint density at radius 3 is 2.10 bits per heavy atom. The SMILES string of the molecule is NN(Cc1ccccc1)C(/N=C/c1ccccc1)c1ccc(-c2cccc3c2sc2c4c(c(C5([C@H]6C=CC=CC6)c6ccccc6-c6ccccc65)cc23)NC2C=CC=CC42)cc1. The molecule has 63 heavy (non-hydrogen) atoms. The van der Waals surface area contributed by atoms with E-state index in [4.69, 9.17) is 10.8 Å². The van der Waals surface area contributed by atoms with Crippen molar-refractivity contribution in [2.75, 3.05) is 5.32 Å². The minimum atomic E-state index is -0.390. The summed E-state index contributed by atoms with van der Waals surface area (Å²) in [5.41, 5.74) is 14.8. The summed E-state index contributed by atoms with van der Waals surface area (Å²) < 4.78 is 2.68. The van der Waals surface area contributed by atoms with Gasteiger partial charge in [-0.2, -0.15) is 0 Å². The van der Waals surface area contributed by atoms with Gasteiger partial charge in [0.25, 0.3) is 0 Å². The highest BCUT2D eigenvalue weighted by Gasteiger charge is 2.52. The number of nitrogens with zero attached hydrogens (tertiary/aromatic N) is 2. The summed E-state index contributed by atoms with van der Waals surface area (Å²) in [6.07, 6.45) is 21.0. The Morgan fingerprint density at radius 1 is 0.667 bits per heavy atom. The lowest BCUT2D eigenvalue weighted by atomic mass is 9.61. The Hall–Kier alpha value is -6.89. The maximum Gasteiger partial charge on any atom is 0.140 e. The number of hydrazine groups is 1. The Bertz CT molecular complexity index is 3150. The number of nitrogens with one attached hydrogen (secondary N) is 1. The van der Waals surface area contributed by atoms with Gasteiger partial charge in [0.2, 0.25) is 0 Å². The molecule has 0 spiro atoms. The van der Waals surface area contributed by atoms with Crippen molar-refractivity contribution in [3.8, 4) is 22.3 Å². The van der Waals surface area contributed by atoms with Crippen LogP contribution in [0, 0.1) is 5.92 Å². The fourth-order valence-electron chi connectivity index (χ4n) is 11.0. The molecule has 304 valence electrons. The van der Waals surface area contributed by atoms with E-state index in [9.17, 15) is 0 Å². The second-order valence-electron chi connectivity index (χ2n) is 17.2. The minimum Gasteiger partial charge on any atom is -0.377 e. The fourth-order valence-corrected chi connectivity index (χ4v) is 12.4. The Labute approximate surface area is 372 Å². The van der Waals surface area contributed by atoms with E-state index in [2.05, 4.69) is 187 Å². The summed E-state index contributed by atoms with van der Waals surface area (Å²) in [6.45, 7) is 0.570. The molecule has 7 aromatic carbocycles. The van der Waals surface area contributed by atoms with Crippen molar-refractivity contribution < 1.29 is 0 Å². The number of fused-ring (bicyclic) bond motifs is 10. The predicted octanol–water partition coefficient (Wildman–Crippen LogP) is 13.7. The van der Waals surface area contributed by atoms with Crippen LogP contribution in [0.5, 0.6) is 0 Å². The molecule has 3 unspecified atom stereocenters. The van der Waals surface area contributed by atoms with Crippen LogP contribution in [-0.4, -0.2) is 17.3 Å². The predicted molar refractivity (Wildman–Crippen MR) is 264 cm³/mol. The van der Waals surface area contributed by atoms with Crippen LogP contribution < -0.4 is 11.2 Å². The number of rotatable bonds is 9. The van der Waals surface area contributed by atoms with E-state index in [1.165, 1.54) is 70.4 Å². The molecule has 0 saturated carbocycles. The topological polar surface area (TPSA) is 53.6 Å². The van der Waals surface area contributed by atoms with E-state index >= 15 is 0 Å². The maximum atomic E-state index is 6.87. The van der Waals surface area contributed by atoms with Crippen LogP contribution in [0.1, 0.15) is 57.4 Å². The molecule has 4 nitrogen and oxygen atoms in total. The summed E-state index contributed by atoms with van der Waals surface area (Å²) in [5, 5.41) is 8.62. The monoisotopic (exact) mass is 830 g/mol. The van der Waals surface area contributed by atoms with Crippen LogP contribution in [0.25, 0.3) is 42.4 Å². The third-order valence-electron chi connectivity index (χ3n) is 13.8. The van der Waals surface area contributed by atoms with Gasteiger partial charge in [0.05, 0.1) is 11.5 Å². The molecule has 4 atom stereocenters. The molecule has 3 aliphatic carbocycles. The zero-order valence-electron chi connectivity index (χ0n) is 34.8. The van der Waals surface area contributed by atoms with E-state index in [0.29, 0.717) is 6.54 Å². The first-order valence-corrected chi connectivity index (χ1v) is 22.9. The number of thiophene rings is 1. The van der Waals surface area contributed by atoms with Crippen molar-refractivity contribution in [2.45, 2.75) is 36.5 Å². The highest BCUT2D eigenvalue weighted by atomic mass is 32.1. The Kier molecular flexibility index (Phi) is 9.29. The van der Waals surface area contributed by atoms with Crippen LogP contribution in [0.2, 0.25) is 0 Å². The maximum absolute atomic E-state index is 6.87. The number of benzene rings is 7. The van der Waals surface area contributed by atoms with Crippen LogP contribution >= 0.6 is 11.3 Å². The number of hydrogen-bond acceptors (Lipinski definition) is 5. The van der Waals surface area contributed by atoms with Crippen molar-refractivity contribution in [2.24, 2.45) is 16.8 Å². The van der Waals surface area contributed by atoms with Gasteiger partial charge in [0, 0.05) is 50.1 Å². The lowest BCUT2D eigenvalue weighted by Gasteiger charge is -2.41. The van der Waals surface area contributed by atoms with E-state index in [1.807, 2.05) is 46.8 Å². The smallest absolute Gasteiger partial charge is 0.140 e. The first-order chi connectivity index (χ1) is 31.2. The summed E-state index contributed by atoms with van der Waals surface area (Å²) in [7, 11) is 0. The summed E-state index contributed by atoms with van der Waals surface area (Å²) in [5.74, 6) is 7.34. The van der Waals surface area contributed by atoms with Gasteiger partial charge in [-0.3, -0.25) is 10.8 Å². The summed E-state index contributed by atoms with van der Waals surface area (Å²) >= 11 is 1.95. The molecule has 0 saturated heterocycles. The number of aliphatic imine (C=N–C) groups is 1. The molecule has 0 amide bonds. The van der Waals surface area contributed by atoms with E-state index in [1.54, 1.807) is 0 Å². The van der Waals surface area contributed by atoms with Crippen molar-refractivity contribution in [3.05, 3.63) is 245 Å². The highest BCUT2D eigenvalue weighted by molar-refractivity contribution is 7.26. The number of nitrogens with two attached hydrogens (primary N) is 1. The van der Waals surface area contributed by atoms with E-state index in [0.717, 1.165) is 23.1 Å². The van der Waals surface area contributed by atoms with Gasteiger partial charge in [-0.25, -0.2) is 5.01 Å². The van der Waals surface area contributed by atoms with Crippen molar-refractivity contribution in [3.63, 3.8) is 0 Å². The standard InChI is InChI=1S/C58H46N4S/c59-62(37-39-19-6-2-7-20-39)57(60-36-38-17-4-1-5-18-38)41-33-31-40(32-34-41)43-26-16-27-46-48-35-51(54-53(56(48)63-55(43)46)47-25-12-15-30-52(47)61-54)58(42-21-8-3-9-22-42)49-28-13-10-23-44(49)45-24-11-14-29-50(45)58/h1-21,23-36,42,47,52,57,61H,22,37,59H2/b60-36+/t42-,47?,52?,57?/m0/s1. The quantitative estimate of drug-likeness (QED) is 0.0865. The molecule has 1 aromatic heterocycles. The van der Waals surface area contributed by atoms with Crippen LogP contribution in [0.4, 0.5) is 5.69 Å². The highest BCUT2D eigenvalue weighted by Crippen LogP contribution is 2.62. The second-order valence-corrected chi connectivity index (χ2v) is 18.3. The molecular weight excluding hydrogens is 785 g/mol. The van der Waals surface area contributed by atoms with Gasteiger partial charge in [0.15, 0.2) is 0 Å². The van der Waals surface area contributed by atoms with Gasteiger partial charge < -0.3 is 5.32 Å².